The van der Waals surface area contributed by atoms with Crippen LogP contribution in [0, 0.1) is 17.8 Å². The summed E-state index contributed by atoms with van der Waals surface area (Å²) in [6.07, 6.45) is 10.8. The molecule has 4 fully saturated rings. The number of H-pyrrole nitrogens is 1. The van der Waals surface area contributed by atoms with E-state index in [2.05, 4.69) is 20.9 Å². The molecule has 0 atom stereocenters. The Hall–Kier alpha value is -3.88. The number of carbonyl (C=O) groups is 4. The van der Waals surface area contributed by atoms with Gasteiger partial charge in [0, 0.05) is 52.3 Å². The van der Waals surface area contributed by atoms with E-state index >= 15 is 0 Å². The predicted molar refractivity (Wildman–Crippen MR) is 150 cm³/mol. The molecule has 2 aromatic rings. The van der Waals surface area contributed by atoms with Crippen molar-refractivity contribution in [3.05, 3.63) is 46.3 Å². The maximum absolute atomic E-state index is 13.1. The minimum Gasteiger partial charge on any atom is -0.481 e. The summed E-state index contributed by atoms with van der Waals surface area (Å²) < 4.78 is 0. The third-order valence-electron chi connectivity index (χ3n) is 9.68. The smallest absolute Gasteiger partial charge is 0.319 e. The second kappa shape index (κ2) is 9.35. The second-order valence-electron chi connectivity index (χ2n) is 12.6. The quantitative estimate of drug-likeness (QED) is 0.322. The summed E-state index contributed by atoms with van der Waals surface area (Å²) in [7, 11) is 0. The Morgan fingerprint density at radius 1 is 1.05 bits per heavy atom. The Bertz CT molecular complexity index is 1450. The van der Waals surface area contributed by atoms with E-state index in [0.717, 1.165) is 49.1 Å². The molecule has 8 rings (SSSR count). The number of carboxylic acids is 1. The number of amides is 3. The van der Waals surface area contributed by atoms with Gasteiger partial charge in [-0.3, -0.25) is 14.4 Å². The fraction of sp³-hybridized carbons (Fsp3) is 0.484. The van der Waals surface area contributed by atoms with Gasteiger partial charge in [0.2, 0.25) is 0 Å². The fourth-order valence-electron chi connectivity index (χ4n) is 8.53. The molecule has 9 nitrogen and oxygen atoms in total. The number of carboxylic acid groups (broad SMARTS) is 1. The van der Waals surface area contributed by atoms with Gasteiger partial charge in [-0.1, -0.05) is 0 Å². The summed E-state index contributed by atoms with van der Waals surface area (Å²) in [5.74, 6) is 0.967. The lowest BCUT2D eigenvalue weighted by molar-refractivity contribution is -0.137. The number of Topliss-reactive ketones (excluding diaryl/α,β-unsaturated/α-hetero) is 1. The van der Waals surface area contributed by atoms with Crippen LogP contribution in [0.4, 0.5) is 16.2 Å². The van der Waals surface area contributed by atoms with Crippen LogP contribution < -0.4 is 16.0 Å². The molecule has 4 saturated carbocycles. The van der Waals surface area contributed by atoms with Crippen LogP contribution in [0.2, 0.25) is 0 Å². The first-order chi connectivity index (χ1) is 19.2. The zero-order valence-corrected chi connectivity index (χ0v) is 22.4. The van der Waals surface area contributed by atoms with Crippen molar-refractivity contribution in [2.24, 2.45) is 17.8 Å². The Morgan fingerprint density at radius 3 is 2.48 bits per heavy atom. The first-order valence-electron chi connectivity index (χ1n) is 14.5. The van der Waals surface area contributed by atoms with E-state index in [1.54, 1.807) is 24.3 Å². The average Bonchev–Trinajstić information content (AvgIpc) is 3.39. The standard InChI is InChI=1S/C31H34N4O5/c36-26-3-1-2-24-28(26)20(5-7-27(37)38)25(33-24)12-22-21-11-19(4-6-23(21)34-29(22)39)32-30(40)35-31-13-16-8-17(14-31)10-18(9-16)15-31/h4,6,11-12,16-18,33H,1-3,5,7-10,13-15H2,(H,34,39)(H,37,38)(H2,32,35,40). The van der Waals surface area contributed by atoms with Crippen molar-refractivity contribution in [2.45, 2.75) is 76.2 Å². The number of nitrogens with one attached hydrogen (secondary N) is 4. The number of fused-ring (bicyclic) bond motifs is 2. The number of aromatic nitrogens is 1. The van der Waals surface area contributed by atoms with Gasteiger partial charge in [-0.15, -0.1) is 0 Å². The van der Waals surface area contributed by atoms with Crippen LogP contribution in [0.5, 0.6) is 0 Å². The van der Waals surface area contributed by atoms with E-state index in [4.69, 9.17) is 0 Å². The molecule has 208 valence electrons. The van der Waals surface area contributed by atoms with Gasteiger partial charge < -0.3 is 26.0 Å². The molecule has 9 heteroatoms. The lowest BCUT2D eigenvalue weighted by Gasteiger charge is -2.56. The highest BCUT2D eigenvalue weighted by atomic mass is 16.4. The summed E-state index contributed by atoms with van der Waals surface area (Å²) in [5.41, 5.74) is 4.82. The third kappa shape index (κ3) is 4.41. The molecule has 0 unspecified atom stereocenters. The highest BCUT2D eigenvalue weighted by Crippen LogP contribution is 2.55. The average molecular weight is 543 g/mol. The number of aryl methyl sites for hydroxylation is 1. The summed E-state index contributed by atoms with van der Waals surface area (Å²) in [6.45, 7) is 0. The van der Waals surface area contributed by atoms with Gasteiger partial charge in [0.1, 0.15) is 0 Å². The van der Waals surface area contributed by atoms with Crippen LogP contribution in [-0.4, -0.2) is 39.3 Å². The maximum Gasteiger partial charge on any atom is 0.319 e. The number of anilines is 2. The number of benzene rings is 1. The molecule has 5 aliphatic carbocycles. The van der Waals surface area contributed by atoms with Crippen LogP contribution in [-0.2, 0) is 22.4 Å². The number of urea groups is 1. The molecule has 3 amide bonds. The van der Waals surface area contributed by atoms with Crippen LogP contribution in [0.25, 0.3) is 11.6 Å². The molecule has 6 aliphatic rings. The normalized spacial score (nSPS) is 28.8. The first kappa shape index (κ1) is 25.1. The SMILES string of the molecule is O=C(O)CCc1c(C=C2C(=O)Nc3ccc(NC(=O)NC45CC6CC(CC(C6)C4)C5)cc32)[nH]c2c1C(=O)CCC2. The van der Waals surface area contributed by atoms with Gasteiger partial charge in [-0.2, -0.15) is 0 Å². The van der Waals surface area contributed by atoms with Gasteiger partial charge in [0.25, 0.3) is 5.91 Å². The Morgan fingerprint density at radius 2 is 1.77 bits per heavy atom. The van der Waals surface area contributed by atoms with Crippen molar-refractivity contribution in [1.82, 2.24) is 10.3 Å². The Labute approximate surface area is 232 Å². The number of aromatic amines is 1. The van der Waals surface area contributed by atoms with Gasteiger partial charge in [-0.05, 0) is 105 Å². The zero-order valence-electron chi connectivity index (χ0n) is 22.4. The molecule has 2 heterocycles. The van der Waals surface area contributed by atoms with Crippen molar-refractivity contribution >= 4 is 46.7 Å². The molecule has 40 heavy (non-hydrogen) atoms. The monoisotopic (exact) mass is 542 g/mol. The van der Waals surface area contributed by atoms with Crippen molar-refractivity contribution in [1.29, 1.82) is 0 Å². The van der Waals surface area contributed by atoms with Crippen LogP contribution in [0.1, 0.15) is 90.7 Å². The van der Waals surface area contributed by atoms with E-state index in [1.165, 1.54) is 19.3 Å². The van der Waals surface area contributed by atoms with Gasteiger partial charge >= 0.3 is 12.0 Å². The molecular weight excluding hydrogens is 508 g/mol. The zero-order chi connectivity index (χ0) is 27.6. The van der Waals surface area contributed by atoms with Crippen molar-refractivity contribution in [2.75, 3.05) is 10.6 Å². The topological polar surface area (TPSA) is 140 Å². The molecule has 4 bridgehead atoms. The van der Waals surface area contributed by atoms with E-state index in [-0.39, 0.29) is 36.1 Å². The molecule has 0 saturated heterocycles. The van der Waals surface area contributed by atoms with E-state index < -0.39 is 5.97 Å². The summed E-state index contributed by atoms with van der Waals surface area (Å²) in [5, 5.41) is 18.5. The Balaban J connectivity index is 1.15. The second-order valence-corrected chi connectivity index (χ2v) is 12.6. The van der Waals surface area contributed by atoms with Gasteiger partial charge in [-0.25, -0.2) is 4.79 Å². The molecule has 1 aromatic carbocycles. The highest BCUT2D eigenvalue weighted by molar-refractivity contribution is 6.35. The Kier molecular flexibility index (Phi) is 5.87. The minimum atomic E-state index is -0.941. The number of ketones is 1. The minimum absolute atomic E-state index is 0.00957. The molecule has 0 spiro atoms. The predicted octanol–water partition coefficient (Wildman–Crippen LogP) is 5.13. The fourth-order valence-corrected chi connectivity index (χ4v) is 8.53. The van der Waals surface area contributed by atoms with E-state index in [9.17, 15) is 24.3 Å². The number of aliphatic carboxylic acids is 1. The third-order valence-corrected chi connectivity index (χ3v) is 9.68. The number of carbonyl (C=O) groups excluding carboxylic acids is 3. The molecular formula is C31H34N4O5. The lowest BCUT2D eigenvalue weighted by Crippen LogP contribution is -2.60. The van der Waals surface area contributed by atoms with Gasteiger partial charge in [0.05, 0.1) is 5.57 Å². The molecule has 5 N–H and O–H groups in total. The van der Waals surface area contributed by atoms with Crippen LogP contribution in [0.15, 0.2) is 18.2 Å². The van der Waals surface area contributed by atoms with Gasteiger partial charge in [0.15, 0.2) is 5.78 Å². The number of rotatable bonds is 6. The summed E-state index contributed by atoms with van der Waals surface area (Å²) in [4.78, 5) is 53.5. The summed E-state index contributed by atoms with van der Waals surface area (Å²) in [6, 6.07) is 5.15. The maximum atomic E-state index is 13.1. The lowest BCUT2D eigenvalue weighted by atomic mass is 9.53. The van der Waals surface area contributed by atoms with Crippen molar-refractivity contribution in [3.8, 4) is 0 Å². The van der Waals surface area contributed by atoms with Crippen LogP contribution in [0.3, 0.4) is 0 Å². The van der Waals surface area contributed by atoms with Crippen LogP contribution >= 0.6 is 0 Å². The summed E-state index contributed by atoms with van der Waals surface area (Å²) >= 11 is 0. The van der Waals surface area contributed by atoms with E-state index in [0.29, 0.717) is 52.2 Å². The number of hydrogen-bond donors (Lipinski definition) is 5. The molecule has 0 radical (unpaired) electrons. The highest BCUT2D eigenvalue weighted by Gasteiger charge is 2.51. The van der Waals surface area contributed by atoms with E-state index in [1.807, 2.05) is 0 Å². The van der Waals surface area contributed by atoms with Crippen molar-refractivity contribution < 1.29 is 24.3 Å². The first-order valence-corrected chi connectivity index (χ1v) is 14.5. The molecule has 1 aliphatic heterocycles. The molecule has 1 aromatic heterocycles. The largest absolute Gasteiger partial charge is 0.481 e. The number of hydrogen-bond acceptors (Lipinski definition) is 4. The van der Waals surface area contributed by atoms with Crippen molar-refractivity contribution in [3.63, 3.8) is 0 Å².